The average Bonchev–Trinajstić information content (AvgIpc) is 2.92. The van der Waals surface area contributed by atoms with Crippen LogP contribution in [0, 0.1) is 17.8 Å². The summed E-state index contributed by atoms with van der Waals surface area (Å²) in [4.78, 5) is 49.1. The van der Waals surface area contributed by atoms with Gasteiger partial charge in [-0.1, -0.05) is 82.3 Å². The fraction of sp³-hybridized carbons (Fsp3) is 0.484. The van der Waals surface area contributed by atoms with Crippen LogP contribution in [0.3, 0.4) is 0 Å². The maximum Gasteiger partial charge on any atom is 0.410 e. The Bertz CT molecular complexity index is 1280. The summed E-state index contributed by atoms with van der Waals surface area (Å²) in [5, 5.41) is 2.44. The summed E-state index contributed by atoms with van der Waals surface area (Å²) in [6.07, 6.45) is -3.71. The van der Waals surface area contributed by atoms with Crippen LogP contribution in [0.4, 0.5) is 4.79 Å². The number of nitrogens with one attached hydrogen (secondary N) is 1. The number of carbonyl (C=O) groups excluding carboxylic acids is 4. The Morgan fingerprint density at radius 2 is 1.26 bits per heavy atom. The van der Waals surface area contributed by atoms with Crippen molar-refractivity contribution in [2.24, 2.45) is 23.5 Å². The molecule has 0 fully saturated rings. The highest BCUT2D eigenvalue weighted by Gasteiger charge is 2.39. The summed E-state index contributed by atoms with van der Waals surface area (Å²) >= 11 is 0. The summed E-state index contributed by atoms with van der Waals surface area (Å²) in [5.74, 6) is -4.91. The van der Waals surface area contributed by atoms with E-state index in [4.69, 9.17) is 24.5 Å². The van der Waals surface area contributed by atoms with E-state index in [-0.39, 0.29) is 12.6 Å². The number of carbonyl (C=O) groups is 4. The van der Waals surface area contributed by atoms with Crippen molar-refractivity contribution in [3.05, 3.63) is 60.2 Å². The molecule has 0 saturated heterocycles. The van der Waals surface area contributed by atoms with Gasteiger partial charge in [0.1, 0.15) is 5.78 Å². The second-order valence-corrected chi connectivity index (χ2v) is 13.7. The van der Waals surface area contributed by atoms with Crippen molar-refractivity contribution in [3.63, 3.8) is 0 Å². The number of primary amides is 1. The molecule has 0 spiro atoms. The Labute approximate surface area is 253 Å². The van der Waals surface area contributed by atoms with Crippen LogP contribution >= 0.6 is 7.37 Å². The molecule has 3 N–H and O–H groups in total. The van der Waals surface area contributed by atoms with E-state index in [9.17, 15) is 23.7 Å². The third-order valence-corrected chi connectivity index (χ3v) is 9.36. The predicted molar refractivity (Wildman–Crippen MR) is 162 cm³/mol. The van der Waals surface area contributed by atoms with Gasteiger partial charge in [0.2, 0.25) is 25.9 Å². The van der Waals surface area contributed by atoms with Gasteiger partial charge >= 0.3 is 18.0 Å². The zero-order valence-corrected chi connectivity index (χ0v) is 26.7. The highest BCUT2D eigenvalue weighted by atomic mass is 31.2. The molecular formula is C31H43N2O9P. The first-order valence-corrected chi connectivity index (χ1v) is 16.1. The molecule has 0 saturated carbocycles. The number of esters is 2. The highest BCUT2D eigenvalue weighted by molar-refractivity contribution is 7.59. The number of alkyl carbamates (subject to hydrolysis) is 1. The fourth-order valence-electron chi connectivity index (χ4n) is 3.95. The maximum atomic E-state index is 14.3. The van der Waals surface area contributed by atoms with E-state index < -0.39 is 67.4 Å². The normalized spacial score (nSPS) is 15.5. The minimum absolute atomic E-state index is 0.150. The fourth-order valence-corrected chi connectivity index (χ4v) is 6.31. The van der Waals surface area contributed by atoms with E-state index in [2.05, 4.69) is 5.32 Å². The molecule has 43 heavy (non-hydrogen) atoms. The lowest BCUT2D eigenvalue weighted by Crippen LogP contribution is -2.39. The van der Waals surface area contributed by atoms with Gasteiger partial charge in [-0.3, -0.25) is 23.5 Å². The molecule has 2 aromatic carbocycles. The summed E-state index contributed by atoms with van der Waals surface area (Å²) in [6, 6.07) is 17.3. The van der Waals surface area contributed by atoms with Gasteiger partial charge in [0.25, 0.3) is 0 Å². The van der Waals surface area contributed by atoms with E-state index >= 15 is 0 Å². The van der Waals surface area contributed by atoms with Crippen LogP contribution in [-0.2, 0) is 44.1 Å². The number of hydrogen-bond acceptors (Lipinski definition) is 9. The first-order valence-electron chi connectivity index (χ1n) is 14.2. The molecule has 0 aromatic heterocycles. The van der Waals surface area contributed by atoms with Crippen molar-refractivity contribution >= 4 is 31.3 Å². The van der Waals surface area contributed by atoms with Gasteiger partial charge in [-0.2, -0.15) is 0 Å². The molecule has 0 bridgehead atoms. The monoisotopic (exact) mass is 618 g/mol. The highest BCUT2D eigenvalue weighted by Crippen LogP contribution is 2.54. The number of rotatable bonds is 15. The topological polar surface area (TPSA) is 160 Å². The smallest absolute Gasteiger partial charge is 0.410 e. The number of nitrogens with two attached hydrogens (primary N) is 1. The molecule has 0 heterocycles. The predicted octanol–water partition coefficient (Wildman–Crippen LogP) is 5.45. The number of amides is 2. The second-order valence-electron chi connectivity index (χ2n) is 10.9. The van der Waals surface area contributed by atoms with Gasteiger partial charge in [-0.05, 0) is 37.0 Å². The summed E-state index contributed by atoms with van der Waals surface area (Å²) < 4.78 is 35.5. The molecule has 3 unspecified atom stereocenters. The SMILES string of the molecule is CC(OC(=O)N[C@@H](C)P(=O)(C[C@@H](Cc1ccc(-c2ccccc2)cc1)C(N)=O)OC(C)OC(=O)C(C)C)OC(=O)C(C)C. The quantitative estimate of drug-likeness (QED) is 0.150. The molecule has 0 aliphatic carbocycles. The molecule has 2 aromatic rings. The second kappa shape index (κ2) is 16.2. The summed E-state index contributed by atoms with van der Waals surface area (Å²) in [6.45, 7) is 10.7. The molecule has 0 aliphatic heterocycles. The lowest BCUT2D eigenvalue weighted by molar-refractivity contribution is -0.169. The Morgan fingerprint density at radius 1 is 0.744 bits per heavy atom. The van der Waals surface area contributed by atoms with E-state index in [0.29, 0.717) is 0 Å². The Morgan fingerprint density at radius 3 is 1.77 bits per heavy atom. The van der Waals surface area contributed by atoms with Crippen LogP contribution in [0.1, 0.15) is 54.0 Å². The van der Waals surface area contributed by atoms with Crippen LogP contribution in [0.2, 0.25) is 0 Å². The minimum atomic E-state index is -4.00. The van der Waals surface area contributed by atoms with Gasteiger partial charge in [0, 0.05) is 13.1 Å². The molecule has 236 valence electrons. The maximum absolute atomic E-state index is 14.3. The van der Waals surface area contributed by atoms with Crippen molar-refractivity contribution in [1.82, 2.24) is 5.32 Å². The van der Waals surface area contributed by atoms with Crippen LogP contribution in [0.15, 0.2) is 54.6 Å². The lowest BCUT2D eigenvalue weighted by Gasteiger charge is -2.30. The molecule has 2 amide bonds. The van der Waals surface area contributed by atoms with Crippen LogP contribution in [-0.4, -0.2) is 48.5 Å². The van der Waals surface area contributed by atoms with Gasteiger partial charge in [-0.25, -0.2) is 4.79 Å². The molecule has 2 rings (SSSR count). The average molecular weight is 619 g/mol. The van der Waals surface area contributed by atoms with E-state index in [1.54, 1.807) is 27.7 Å². The van der Waals surface area contributed by atoms with E-state index in [0.717, 1.165) is 16.7 Å². The minimum Gasteiger partial charge on any atom is -0.435 e. The van der Waals surface area contributed by atoms with Gasteiger partial charge < -0.3 is 25.3 Å². The van der Waals surface area contributed by atoms with Gasteiger partial charge in [0.05, 0.1) is 17.8 Å². The Balaban J connectivity index is 2.24. The standard InChI is InChI=1S/C31H43N2O9P/c1-19(2)29(35)39-22(6)41-31(37)33-21(5)43(38,42-23(7)40-30(36)20(3)4)18-27(28(32)34)17-24-13-15-26(16-14-24)25-11-9-8-10-12-25/h8-16,19-23,27H,17-18H2,1-7H3,(H2,32,34)(H,33,37)/t21-,22?,23?,27-,43?/m1/s1. The largest absolute Gasteiger partial charge is 0.435 e. The van der Waals surface area contributed by atoms with Crippen molar-refractivity contribution in [2.75, 3.05) is 6.16 Å². The van der Waals surface area contributed by atoms with E-state index in [1.807, 2.05) is 54.6 Å². The zero-order valence-electron chi connectivity index (χ0n) is 25.8. The van der Waals surface area contributed by atoms with Gasteiger partial charge in [-0.15, -0.1) is 0 Å². The summed E-state index contributed by atoms with van der Waals surface area (Å²) in [5.41, 5.74) is 8.53. The number of hydrogen-bond donors (Lipinski definition) is 2. The first kappa shape index (κ1) is 35.5. The molecule has 5 atom stereocenters. The summed E-state index contributed by atoms with van der Waals surface area (Å²) in [7, 11) is -4.00. The van der Waals surface area contributed by atoms with Crippen LogP contribution < -0.4 is 11.1 Å². The third-order valence-electron chi connectivity index (χ3n) is 6.44. The molecule has 12 heteroatoms. The van der Waals surface area contributed by atoms with E-state index in [1.165, 1.54) is 20.8 Å². The number of benzene rings is 2. The van der Waals surface area contributed by atoms with Crippen LogP contribution in [0.25, 0.3) is 11.1 Å². The molecule has 0 radical (unpaired) electrons. The van der Waals surface area contributed by atoms with Crippen molar-refractivity contribution < 1.29 is 42.5 Å². The van der Waals surface area contributed by atoms with Crippen molar-refractivity contribution in [1.29, 1.82) is 0 Å². The number of ether oxygens (including phenoxy) is 3. The van der Waals surface area contributed by atoms with Crippen molar-refractivity contribution in [3.8, 4) is 11.1 Å². The lowest BCUT2D eigenvalue weighted by atomic mass is 9.98. The van der Waals surface area contributed by atoms with Crippen LogP contribution in [0.5, 0.6) is 0 Å². The molecular weight excluding hydrogens is 575 g/mol. The Hall–Kier alpha value is -3.69. The zero-order chi connectivity index (χ0) is 32.3. The third kappa shape index (κ3) is 11.5. The first-order chi connectivity index (χ1) is 20.1. The molecule has 0 aliphatic rings. The van der Waals surface area contributed by atoms with Gasteiger partial charge in [0.15, 0.2) is 0 Å². The van der Waals surface area contributed by atoms with Crippen molar-refractivity contribution in [2.45, 2.75) is 73.2 Å². The Kier molecular flexibility index (Phi) is 13.4. The molecule has 11 nitrogen and oxygen atoms in total.